The van der Waals surface area contributed by atoms with E-state index in [2.05, 4.69) is 52.1 Å². The molecule has 32 heavy (non-hydrogen) atoms. The van der Waals surface area contributed by atoms with E-state index in [1.54, 1.807) is 13.1 Å². The van der Waals surface area contributed by atoms with Gasteiger partial charge in [-0.05, 0) is 52.9 Å². The number of hydrogen-bond donors (Lipinski definition) is 4. The second kappa shape index (κ2) is 9.96. The quantitative estimate of drug-likeness (QED) is 0.305. The summed E-state index contributed by atoms with van der Waals surface area (Å²) in [5.74, 6) is 0.358. The minimum Gasteiger partial charge on any atom is -0.437 e. The molecule has 1 amide bonds. The number of nitrogens with zero attached hydrogens (tertiary/aromatic N) is 2. The number of carbonyl (C=O) groups excluding carboxylic acids is 1. The normalized spacial score (nSPS) is 13.0. The Morgan fingerprint density at radius 2 is 2.19 bits per heavy atom. The van der Waals surface area contributed by atoms with Gasteiger partial charge in [-0.2, -0.15) is 0 Å². The van der Waals surface area contributed by atoms with Crippen LogP contribution >= 0.6 is 15.9 Å². The molecule has 168 valence electrons. The van der Waals surface area contributed by atoms with Crippen molar-refractivity contribution in [2.75, 3.05) is 24.3 Å². The van der Waals surface area contributed by atoms with Crippen molar-refractivity contribution in [3.63, 3.8) is 0 Å². The molecular weight excluding hydrogens is 483 g/mol. The van der Waals surface area contributed by atoms with Gasteiger partial charge in [-0.1, -0.05) is 5.16 Å². The number of ether oxygens (including phenoxy) is 1. The fraction of sp³-hybridized carbons (Fsp3) is 0.286. The second-order valence-corrected chi connectivity index (χ2v) is 8.08. The molecule has 0 radical (unpaired) electrons. The van der Waals surface area contributed by atoms with Crippen LogP contribution < -0.4 is 26.2 Å². The molecule has 4 N–H and O–H groups in total. The van der Waals surface area contributed by atoms with E-state index >= 15 is 0 Å². The Labute approximate surface area is 192 Å². The van der Waals surface area contributed by atoms with Crippen LogP contribution in [0.4, 0.5) is 15.8 Å². The molecule has 9 nitrogen and oxygen atoms in total. The van der Waals surface area contributed by atoms with Gasteiger partial charge in [0, 0.05) is 31.8 Å². The highest BCUT2D eigenvalue weighted by Crippen LogP contribution is 2.41. The lowest BCUT2D eigenvalue weighted by Crippen LogP contribution is -2.23. The van der Waals surface area contributed by atoms with Gasteiger partial charge < -0.3 is 25.3 Å². The van der Waals surface area contributed by atoms with Crippen molar-refractivity contribution >= 4 is 33.2 Å². The zero-order valence-corrected chi connectivity index (χ0v) is 18.8. The molecule has 1 aliphatic rings. The molecule has 1 fully saturated rings. The number of amides is 1. The van der Waals surface area contributed by atoms with E-state index in [4.69, 9.17) is 4.74 Å². The lowest BCUT2D eigenvalue weighted by molar-refractivity contribution is 0.0941. The topological polar surface area (TPSA) is 113 Å². The first-order valence-corrected chi connectivity index (χ1v) is 10.8. The highest BCUT2D eigenvalue weighted by molar-refractivity contribution is 9.10. The zero-order chi connectivity index (χ0) is 22.5. The molecule has 1 aliphatic carbocycles. The van der Waals surface area contributed by atoms with Crippen molar-refractivity contribution in [2.45, 2.75) is 19.4 Å². The molecule has 1 saturated carbocycles. The van der Waals surface area contributed by atoms with Crippen molar-refractivity contribution in [2.24, 2.45) is 5.92 Å². The molecule has 2 heterocycles. The van der Waals surface area contributed by atoms with Crippen LogP contribution in [0.5, 0.6) is 11.6 Å². The van der Waals surface area contributed by atoms with Crippen LogP contribution in [0.3, 0.4) is 0 Å². The van der Waals surface area contributed by atoms with Crippen molar-refractivity contribution in [1.82, 2.24) is 20.9 Å². The van der Waals surface area contributed by atoms with Gasteiger partial charge in [0.2, 0.25) is 5.88 Å². The Morgan fingerprint density at radius 3 is 2.91 bits per heavy atom. The van der Waals surface area contributed by atoms with Crippen molar-refractivity contribution in [1.29, 1.82) is 0 Å². The van der Waals surface area contributed by atoms with Gasteiger partial charge in [0.1, 0.15) is 17.8 Å². The van der Waals surface area contributed by atoms with Crippen LogP contribution in [0, 0.1) is 11.7 Å². The van der Waals surface area contributed by atoms with E-state index in [1.165, 1.54) is 31.2 Å². The number of anilines is 2. The fourth-order valence-corrected chi connectivity index (χ4v) is 3.52. The van der Waals surface area contributed by atoms with E-state index in [9.17, 15) is 9.18 Å². The lowest BCUT2D eigenvalue weighted by atomic mass is 10.2. The third-order valence-corrected chi connectivity index (χ3v) is 5.63. The average molecular weight is 505 g/mol. The molecule has 0 atom stereocenters. The highest BCUT2D eigenvalue weighted by atomic mass is 79.9. The molecule has 0 saturated heterocycles. The molecule has 0 aliphatic heterocycles. The number of carbonyl (C=O) groups is 1. The number of hydrogen-bond acceptors (Lipinski definition) is 8. The Balaban J connectivity index is 1.53. The van der Waals surface area contributed by atoms with Crippen LogP contribution in [0.15, 0.2) is 45.7 Å². The summed E-state index contributed by atoms with van der Waals surface area (Å²) in [5, 5.41) is 9.67. The number of pyridine rings is 1. The number of nitrogens with one attached hydrogen (secondary N) is 4. The predicted octanol–water partition coefficient (Wildman–Crippen LogP) is 4.06. The van der Waals surface area contributed by atoms with E-state index in [0.29, 0.717) is 21.7 Å². The second-order valence-electron chi connectivity index (χ2n) is 7.29. The minimum absolute atomic E-state index is 0.00788. The zero-order valence-electron chi connectivity index (χ0n) is 17.2. The predicted molar refractivity (Wildman–Crippen MR) is 120 cm³/mol. The Bertz CT molecular complexity index is 1090. The molecular formula is C21H22BrFN6O3. The number of halogens is 2. The van der Waals surface area contributed by atoms with Gasteiger partial charge in [-0.25, -0.2) is 14.8 Å². The smallest absolute Gasteiger partial charge is 0.273 e. The maximum atomic E-state index is 13.8. The van der Waals surface area contributed by atoms with E-state index in [1.807, 2.05) is 6.07 Å². The van der Waals surface area contributed by atoms with Crippen molar-refractivity contribution < 1.29 is 18.4 Å². The number of hydrazine groups is 1. The van der Waals surface area contributed by atoms with Gasteiger partial charge in [-0.3, -0.25) is 4.79 Å². The summed E-state index contributed by atoms with van der Waals surface area (Å²) in [6.07, 6.45) is 4.85. The molecule has 4 rings (SSSR count). The monoisotopic (exact) mass is 504 g/mol. The first-order valence-electron chi connectivity index (χ1n) is 10.0. The summed E-state index contributed by atoms with van der Waals surface area (Å²) in [6.45, 7) is 0.895. The molecule has 0 spiro atoms. The summed E-state index contributed by atoms with van der Waals surface area (Å²) in [7, 11) is 1.77. The van der Waals surface area contributed by atoms with E-state index < -0.39 is 11.7 Å². The van der Waals surface area contributed by atoms with Gasteiger partial charge in [-0.15, -0.1) is 0 Å². The Morgan fingerprint density at radius 1 is 1.34 bits per heavy atom. The third-order valence-electron chi connectivity index (χ3n) is 4.84. The van der Waals surface area contributed by atoms with Crippen LogP contribution in [-0.2, 0) is 6.54 Å². The van der Waals surface area contributed by atoms with Crippen LogP contribution in [0.1, 0.15) is 28.9 Å². The summed E-state index contributed by atoms with van der Waals surface area (Å²) < 4.78 is 25.2. The number of rotatable bonds is 10. The Hall–Kier alpha value is -3.18. The molecule has 1 aromatic carbocycles. The summed E-state index contributed by atoms with van der Waals surface area (Å²) >= 11 is 3.58. The Kier molecular flexibility index (Phi) is 6.86. The fourth-order valence-electron chi connectivity index (χ4n) is 2.99. The van der Waals surface area contributed by atoms with Gasteiger partial charge in [0.25, 0.3) is 5.91 Å². The maximum absolute atomic E-state index is 13.8. The van der Waals surface area contributed by atoms with Crippen LogP contribution in [0.2, 0.25) is 0 Å². The third kappa shape index (κ3) is 5.35. The maximum Gasteiger partial charge on any atom is 0.273 e. The highest BCUT2D eigenvalue weighted by Gasteiger charge is 2.22. The molecule has 0 unspecified atom stereocenters. The van der Waals surface area contributed by atoms with Crippen LogP contribution in [-0.4, -0.2) is 29.6 Å². The van der Waals surface area contributed by atoms with Crippen molar-refractivity contribution in [3.8, 4) is 11.6 Å². The SMILES string of the molecule is CNNc1c(NCC2CC2)ccc(Oc2ncc(F)cc2CNC(=O)c2ccon2)c1Br. The first-order chi connectivity index (χ1) is 15.5. The van der Waals surface area contributed by atoms with Crippen molar-refractivity contribution in [3.05, 3.63) is 58.3 Å². The number of benzene rings is 1. The first kappa shape index (κ1) is 22.0. The summed E-state index contributed by atoms with van der Waals surface area (Å²) in [5.41, 5.74) is 8.20. The van der Waals surface area contributed by atoms with E-state index in [0.717, 1.165) is 24.1 Å². The summed E-state index contributed by atoms with van der Waals surface area (Å²) in [6, 6.07) is 6.39. The average Bonchev–Trinajstić information content (AvgIpc) is 3.45. The molecule has 3 aromatic rings. The van der Waals surface area contributed by atoms with E-state index in [-0.39, 0.29) is 18.1 Å². The van der Waals surface area contributed by atoms with Gasteiger partial charge in [0.05, 0.1) is 22.0 Å². The molecule has 0 bridgehead atoms. The standard InChI is InChI=1S/C21H22BrFN6O3/c1-24-28-19-15(25-9-12-2-3-12)4-5-17(18(19)22)32-21-13(8-14(23)11-27-21)10-26-20(30)16-6-7-31-29-16/h4-8,11-12,24-25,28H,2-3,9-10H2,1H3,(H,26,30). The largest absolute Gasteiger partial charge is 0.437 e. The minimum atomic E-state index is -0.542. The van der Waals surface area contributed by atoms with Gasteiger partial charge in [0.15, 0.2) is 5.69 Å². The number of aromatic nitrogens is 2. The lowest BCUT2D eigenvalue weighted by Gasteiger charge is -2.18. The van der Waals surface area contributed by atoms with Crippen LogP contribution in [0.25, 0.3) is 0 Å². The molecule has 11 heteroatoms. The van der Waals surface area contributed by atoms with Gasteiger partial charge >= 0.3 is 0 Å². The molecule has 2 aromatic heterocycles. The summed E-state index contributed by atoms with van der Waals surface area (Å²) in [4.78, 5) is 16.2.